The summed E-state index contributed by atoms with van der Waals surface area (Å²) in [6, 6.07) is 3.24. The van der Waals surface area contributed by atoms with Crippen LogP contribution in [0.2, 0.25) is 0 Å². The lowest BCUT2D eigenvalue weighted by atomic mass is 9.79. The van der Waals surface area contributed by atoms with E-state index in [0.29, 0.717) is 0 Å². The number of aryl methyl sites for hydroxylation is 2. The van der Waals surface area contributed by atoms with Gasteiger partial charge in [-0.1, -0.05) is 6.07 Å². The summed E-state index contributed by atoms with van der Waals surface area (Å²) in [7, 11) is 1.61. The molecule has 0 bridgehead atoms. The molecule has 100 valence electrons. The zero-order valence-corrected chi connectivity index (χ0v) is 11.6. The summed E-state index contributed by atoms with van der Waals surface area (Å²) in [5.41, 5.74) is 7.85. The molecule has 0 saturated heterocycles. The lowest BCUT2D eigenvalue weighted by molar-refractivity contribution is -0.148. The molecule has 1 rings (SSSR count). The average Bonchev–Trinajstić information content (AvgIpc) is 2.30. The van der Waals surface area contributed by atoms with Gasteiger partial charge >= 0.3 is 5.97 Å². The molecule has 0 amide bonds. The van der Waals surface area contributed by atoms with Gasteiger partial charge in [-0.25, -0.2) is 0 Å². The Labute approximate surface area is 108 Å². The fourth-order valence-electron chi connectivity index (χ4n) is 1.89. The Morgan fingerprint density at radius 2 is 1.89 bits per heavy atom. The van der Waals surface area contributed by atoms with Gasteiger partial charge in [-0.2, -0.15) is 0 Å². The minimum Gasteiger partial charge on any atom is -0.496 e. The van der Waals surface area contributed by atoms with E-state index >= 15 is 0 Å². The Kier molecular flexibility index (Phi) is 4.02. The highest BCUT2D eigenvalue weighted by atomic mass is 16.5. The molecule has 0 aromatic heterocycles. The molecule has 0 saturated carbocycles. The molecular formula is C14H21NO3. The monoisotopic (exact) mass is 251 g/mol. The van der Waals surface area contributed by atoms with Crippen LogP contribution >= 0.6 is 0 Å². The maximum atomic E-state index is 11.3. The van der Waals surface area contributed by atoms with Crippen LogP contribution in [-0.4, -0.2) is 18.2 Å². The van der Waals surface area contributed by atoms with Crippen molar-refractivity contribution in [3.8, 4) is 5.75 Å². The molecule has 1 atom stereocenters. The number of carboxylic acid groups (broad SMARTS) is 1. The van der Waals surface area contributed by atoms with E-state index in [4.69, 9.17) is 10.5 Å². The normalized spacial score (nSPS) is 13.2. The second kappa shape index (κ2) is 4.98. The molecule has 1 unspecified atom stereocenters. The first kappa shape index (κ1) is 14.5. The van der Waals surface area contributed by atoms with Gasteiger partial charge in [0.2, 0.25) is 0 Å². The van der Waals surface area contributed by atoms with Crippen LogP contribution in [0.1, 0.15) is 36.6 Å². The van der Waals surface area contributed by atoms with Gasteiger partial charge in [-0.05, 0) is 50.5 Å². The molecule has 3 N–H and O–H groups in total. The lowest BCUT2D eigenvalue weighted by Gasteiger charge is -2.29. The Hall–Kier alpha value is -1.55. The first-order chi connectivity index (χ1) is 8.21. The Balaban J connectivity index is 3.26. The molecule has 0 aliphatic rings. The number of rotatable bonds is 4. The average molecular weight is 251 g/mol. The molecule has 1 aromatic rings. The number of carbonyl (C=O) groups is 1. The predicted octanol–water partition coefficient (Wildman–Crippen LogP) is 2.42. The third-order valence-electron chi connectivity index (χ3n) is 3.45. The van der Waals surface area contributed by atoms with Crippen LogP contribution in [0, 0.1) is 19.3 Å². The number of benzene rings is 1. The predicted molar refractivity (Wildman–Crippen MR) is 70.8 cm³/mol. The van der Waals surface area contributed by atoms with Crippen molar-refractivity contribution in [1.29, 1.82) is 0 Å². The minimum absolute atomic E-state index is 0.556. The Morgan fingerprint density at radius 3 is 2.33 bits per heavy atom. The highest BCUT2D eigenvalue weighted by Gasteiger charge is 2.36. The van der Waals surface area contributed by atoms with Gasteiger partial charge in [0.1, 0.15) is 5.75 Å². The summed E-state index contributed by atoms with van der Waals surface area (Å²) >= 11 is 0. The number of methoxy groups -OCH3 is 1. The SMILES string of the molecule is COc1cc(C)c(C(N)C(C)(C)C(=O)O)cc1C. The van der Waals surface area contributed by atoms with Crippen LogP contribution in [0.5, 0.6) is 5.75 Å². The number of aliphatic carboxylic acids is 1. The first-order valence-electron chi connectivity index (χ1n) is 5.86. The molecule has 0 spiro atoms. The van der Waals surface area contributed by atoms with E-state index in [1.54, 1.807) is 21.0 Å². The fourth-order valence-corrected chi connectivity index (χ4v) is 1.89. The van der Waals surface area contributed by atoms with Crippen molar-refractivity contribution < 1.29 is 14.6 Å². The summed E-state index contributed by atoms with van der Waals surface area (Å²) in [4.78, 5) is 11.3. The van der Waals surface area contributed by atoms with Crippen LogP contribution < -0.4 is 10.5 Å². The molecule has 18 heavy (non-hydrogen) atoms. The van der Waals surface area contributed by atoms with Crippen molar-refractivity contribution >= 4 is 5.97 Å². The van der Waals surface area contributed by atoms with Crippen molar-refractivity contribution in [3.05, 3.63) is 28.8 Å². The van der Waals surface area contributed by atoms with Gasteiger partial charge in [0.25, 0.3) is 0 Å². The fraction of sp³-hybridized carbons (Fsp3) is 0.500. The smallest absolute Gasteiger partial charge is 0.311 e. The van der Waals surface area contributed by atoms with E-state index in [-0.39, 0.29) is 0 Å². The van der Waals surface area contributed by atoms with E-state index in [2.05, 4.69) is 0 Å². The number of nitrogens with two attached hydrogens (primary N) is 1. The van der Waals surface area contributed by atoms with Crippen molar-refractivity contribution in [3.63, 3.8) is 0 Å². The largest absolute Gasteiger partial charge is 0.496 e. The number of ether oxygens (including phenoxy) is 1. The zero-order chi connectivity index (χ0) is 14.1. The molecule has 4 nitrogen and oxygen atoms in total. The minimum atomic E-state index is -1.01. The third-order valence-corrected chi connectivity index (χ3v) is 3.45. The van der Waals surface area contributed by atoms with Gasteiger partial charge in [-0.15, -0.1) is 0 Å². The van der Waals surface area contributed by atoms with E-state index < -0.39 is 17.4 Å². The second-order valence-electron chi connectivity index (χ2n) is 5.18. The third kappa shape index (κ3) is 2.48. The van der Waals surface area contributed by atoms with E-state index in [1.807, 2.05) is 26.0 Å². The molecule has 0 aliphatic heterocycles. The van der Waals surface area contributed by atoms with E-state index in [1.165, 1.54) is 0 Å². The molecule has 1 aromatic carbocycles. The van der Waals surface area contributed by atoms with Crippen molar-refractivity contribution in [2.75, 3.05) is 7.11 Å². The van der Waals surface area contributed by atoms with Gasteiger partial charge in [-0.3, -0.25) is 4.79 Å². The van der Waals surface area contributed by atoms with Crippen LogP contribution in [0.3, 0.4) is 0 Å². The highest BCUT2D eigenvalue weighted by Crippen LogP contribution is 2.35. The quantitative estimate of drug-likeness (QED) is 0.862. The highest BCUT2D eigenvalue weighted by molar-refractivity contribution is 5.75. The van der Waals surface area contributed by atoms with E-state index in [9.17, 15) is 9.90 Å². The van der Waals surface area contributed by atoms with Gasteiger partial charge in [0.15, 0.2) is 0 Å². The standard InChI is InChI=1S/C14H21NO3/c1-8-7-11(18-5)9(2)6-10(8)12(15)14(3,4)13(16)17/h6-7,12H,15H2,1-5H3,(H,16,17). The number of hydrogen-bond donors (Lipinski definition) is 2. The molecule has 4 heteroatoms. The zero-order valence-electron chi connectivity index (χ0n) is 11.6. The van der Waals surface area contributed by atoms with Crippen molar-refractivity contribution in [2.45, 2.75) is 33.7 Å². The summed E-state index contributed by atoms with van der Waals surface area (Å²) < 4.78 is 5.24. The van der Waals surface area contributed by atoms with Crippen LogP contribution in [0.25, 0.3) is 0 Å². The Morgan fingerprint density at radius 1 is 1.33 bits per heavy atom. The summed E-state index contributed by atoms with van der Waals surface area (Å²) in [6.07, 6.45) is 0. The molecule has 0 fully saturated rings. The maximum absolute atomic E-state index is 11.3. The summed E-state index contributed by atoms with van der Waals surface area (Å²) in [5, 5.41) is 9.23. The molecule has 0 heterocycles. The number of carboxylic acids is 1. The van der Waals surface area contributed by atoms with Crippen molar-refractivity contribution in [1.82, 2.24) is 0 Å². The second-order valence-corrected chi connectivity index (χ2v) is 5.18. The summed E-state index contributed by atoms with van der Waals surface area (Å²) in [6.45, 7) is 7.11. The van der Waals surface area contributed by atoms with Gasteiger partial charge < -0.3 is 15.6 Å². The van der Waals surface area contributed by atoms with Gasteiger partial charge in [0.05, 0.1) is 12.5 Å². The summed E-state index contributed by atoms with van der Waals surface area (Å²) in [5.74, 6) is -0.112. The maximum Gasteiger partial charge on any atom is 0.311 e. The topological polar surface area (TPSA) is 72.5 Å². The number of hydrogen-bond acceptors (Lipinski definition) is 3. The van der Waals surface area contributed by atoms with Crippen LogP contribution in [0.4, 0.5) is 0 Å². The van der Waals surface area contributed by atoms with Crippen LogP contribution in [-0.2, 0) is 4.79 Å². The van der Waals surface area contributed by atoms with Crippen molar-refractivity contribution in [2.24, 2.45) is 11.1 Å². The molecule has 0 aliphatic carbocycles. The lowest BCUT2D eigenvalue weighted by Crippen LogP contribution is -2.36. The Bertz CT molecular complexity index is 466. The van der Waals surface area contributed by atoms with Crippen LogP contribution in [0.15, 0.2) is 12.1 Å². The molecule has 0 radical (unpaired) electrons. The van der Waals surface area contributed by atoms with E-state index in [0.717, 1.165) is 22.4 Å². The van der Waals surface area contributed by atoms with Gasteiger partial charge in [0, 0.05) is 6.04 Å². The first-order valence-corrected chi connectivity index (χ1v) is 5.86. The molecular weight excluding hydrogens is 230 g/mol.